The van der Waals surface area contributed by atoms with E-state index in [-0.39, 0.29) is 17.9 Å². The lowest BCUT2D eigenvalue weighted by atomic mass is 9.77. The number of rotatable bonds is 3. The van der Waals surface area contributed by atoms with Crippen molar-refractivity contribution in [1.82, 2.24) is 4.90 Å². The van der Waals surface area contributed by atoms with E-state index >= 15 is 0 Å². The Morgan fingerprint density at radius 2 is 2.10 bits per heavy atom. The van der Waals surface area contributed by atoms with Crippen LogP contribution >= 0.6 is 11.6 Å². The Morgan fingerprint density at radius 1 is 1.29 bits per heavy atom. The molecule has 0 bridgehead atoms. The van der Waals surface area contributed by atoms with Gasteiger partial charge in [0.1, 0.15) is 11.3 Å². The van der Waals surface area contributed by atoms with Crippen LogP contribution in [0, 0.1) is 19.8 Å². The number of methoxy groups -OCH3 is 1. The first kappa shape index (κ1) is 20.3. The number of amides is 2. The van der Waals surface area contributed by atoms with Crippen molar-refractivity contribution in [2.75, 3.05) is 24.3 Å². The zero-order chi connectivity index (χ0) is 21.9. The highest BCUT2D eigenvalue weighted by Gasteiger charge is 2.65. The smallest absolute Gasteiger partial charge is 0.250 e. The van der Waals surface area contributed by atoms with E-state index in [4.69, 9.17) is 16.3 Å². The molecule has 2 saturated heterocycles. The summed E-state index contributed by atoms with van der Waals surface area (Å²) >= 11 is 6.16. The van der Waals surface area contributed by atoms with Gasteiger partial charge >= 0.3 is 0 Å². The number of hydrogen-bond donors (Lipinski definition) is 2. The van der Waals surface area contributed by atoms with Crippen LogP contribution < -0.4 is 15.4 Å². The van der Waals surface area contributed by atoms with Crippen LogP contribution in [-0.4, -0.2) is 36.4 Å². The normalized spacial score (nSPS) is 26.6. The number of carbonyl (C=O) groups is 2. The van der Waals surface area contributed by atoms with E-state index in [1.54, 1.807) is 25.3 Å². The Kier molecular flexibility index (Phi) is 4.75. The average molecular weight is 440 g/mol. The number of nitrogens with zero attached hydrogens (tertiary/aromatic N) is 1. The molecule has 3 heterocycles. The first-order valence-corrected chi connectivity index (χ1v) is 11.1. The number of aryl methyl sites for hydroxylation is 2. The maximum absolute atomic E-state index is 13.7. The summed E-state index contributed by atoms with van der Waals surface area (Å²) in [5, 5.41) is 6.63. The number of benzene rings is 2. The van der Waals surface area contributed by atoms with Crippen molar-refractivity contribution in [2.45, 2.75) is 44.7 Å². The molecule has 0 aliphatic carbocycles. The lowest BCUT2D eigenvalue weighted by Crippen LogP contribution is -2.53. The fourth-order valence-corrected chi connectivity index (χ4v) is 6.05. The molecule has 3 aliphatic heterocycles. The fourth-order valence-electron chi connectivity index (χ4n) is 5.88. The Balaban J connectivity index is 1.61. The molecule has 3 atom stereocenters. The number of hydrogen-bond acceptors (Lipinski definition) is 4. The molecule has 1 spiro atoms. The van der Waals surface area contributed by atoms with Crippen LogP contribution in [0.1, 0.15) is 36.0 Å². The van der Waals surface area contributed by atoms with Crippen molar-refractivity contribution >= 4 is 34.8 Å². The Morgan fingerprint density at radius 3 is 2.87 bits per heavy atom. The van der Waals surface area contributed by atoms with Crippen molar-refractivity contribution in [1.29, 1.82) is 0 Å². The van der Waals surface area contributed by atoms with Gasteiger partial charge in [0.05, 0.1) is 18.7 Å². The first-order chi connectivity index (χ1) is 14.9. The molecule has 3 unspecified atom stereocenters. The lowest BCUT2D eigenvalue weighted by Gasteiger charge is -2.36. The van der Waals surface area contributed by atoms with Crippen molar-refractivity contribution in [3.63, 3.8) is 0 Å². The van der Waals surface area contributed by atoms with Crippen LogP contribution in [0.25, 0.3) is 0 Å². The lowest BCUT2D eigenvalue weighted by molar-refractivity contribution is -0.135. The Bertz CT molecular complexity index is 1100. The number of halogens is 1. The van der Waals surface area contributed by atoms with Gasteiger partial charge in [-0.1, -0.05) is 29.3 Å². The fraction of sp³-hybridized carbons (Fsp3) is 0.417. The summed E-state index contributed by atoms with van der Waals surface area (Å²) in [5.41, 5.74) is 3.42. The molecule has 2 aromatic carbocycles. The maximum Gasteiger partial charge on any atom is 0.250 e. The third kappa shape index (κ3) is 2.88. The molecule has 2 N–H and O–H groups in total. The minimum absolute atomic E-state index is 0.0983. The molecular weight excluding hydrogens is 414 g/mol. The van der Waals surface area contributed by atoms with Crippen molar-refractivity contribution in [3.05, 3.63) is 52.0 Å². The molecule has 0 radical (unpaired) electrons. The molecular formula is C24H26ClN3O3. The summed E-state index contributed by atoms with van der Waals surface area (Å²) < 4.78 is 5.40. The maximum atomic E-state index is 13.7. The van der Waals surface area contributed by atoms with E-state index in [0.29, 0.717) is 22.9 Å². The van der Waals surface area contributed by atoms with Gasteiger partial charge in [0.2, 0.25) is 11.8 Å². The molecule has 31 heavy (non-hydrogen) atoms. The average Bonchev–Trinajstić information content (AvgIpc) is 3.37. The molecule has 3 aliphatic rings. The second-order valence-electron chi connectivity index (χ2n) is 8.84. The highest BCUT2D eigenvalue weighted by Crippen LogP contribution is 2.56. The second kappa shape index (κ2) is 7.24. The highest BCUT2D eigenvalue weighted by molar-refractivity contribution is 6.31. The number of nitrogens with one attached hydrogen (secondary N) is 2. The highest BCUT2D eigenvalue weighted by atomic mass is 35.5. The number of ether oxygens (including phenoxy) is 1. The Hall–Kier alpha value is -2.57. The second-order valence-corrected chi connectivity index (χ2v) is 9.27. The summed E-state index contributed by atoms with van der Waals surface area (Å²) in [6.07, 6.45) is 2.68. The first-order valence-electron chi connectivity index (χ1n) is 10.7. The van der Waals surface area contributed by atoms with Gasteiger partial charge in [-0.05, 0) is 63.4 Å². The van der Waals surface area contributed by atoms with E-state index in [1.165, 1.54) is 0 Å². The van der Waals surface area contributed by atoms with Crippen molar-refractivity contribution in [3.8, 4) is 5.75 Å². The van der Waals surface area contributed by atoms with Crippen molar-refractivity contribution in [2.24, 2.45) is 5.92 Å². The van der Waals surface area contributed by atoms with Crippen molar-refractivity contribution < 1.29 is 14.3 Å². The van der Waals surface area contributed by atoms with Gasteiger partial charge in [-0.2, -0.15) is 0 Å². The van der Waals surface area contributed by atoms with Gasteiger partial charge in [0.25, 0.3) is 0 Å². The Labute approximate surface area is 186 Å². The van der Waals surface area contributed by atoms with Gasteiger partial charge in [0, 0.05) is 22.3 Å². The van der Waals surface area contributed by atoms with Crippen LogP contribution in [0.3, 0.4) is 0 Å². The molecule has 0 aromatic heterocycles. The third-order valence-electron chi connectivity index (χ3n) is 7.05. The monoisotopic (exact) mass is 439 g/mol. The number of carbonyl (C=O) groups excluding carboxylic acids is 2. The van der Waals surface area contributed by atoms with Gasteiger partial charge < -0.3 is 15.4 Å². The SMILES string of the molecule is COc1ccc(Cl)cc1NC(=O)C1CC2CCCN2C12C(=O)Nc1c(C)cc(C)cc12. The summed E-state index contributed by atoms with van der Waals surface area (Å²) in [6.45, 7) is 4.86. The number of anilines is 2. The molecule has 2 amide bonds. The van der Waals surface area contributed by atoms with E-state index in [1.807, 2.05) is 13.8 Å². The summed E-state index contributed by atoms with van der Waals surface area (Å²) in [6, 6.07) is 9.48. The summed E-state index contributed by atoms with van der Waals surface area (Å²) in [5.74, 6) is -0.256. The molecule has 2 aromatic rings. The molecule has 0 saturated carbocycles. The molecule has 162 valence electrons. The van der Waals surface area contributed by atoms with Crippen LogP contribution in [0.15, 0.2) is 30.3 Å². The van der Waals surface area contributed by atoms with E-state index < -0.39 is 11.5 Å². The summed E-state index contributed by atoms with van der Waals surface area (Å²) in [4.78, 5) is 29.6. The minimum Gasteiger partial charge on any atom is -0.495 e. The topological polar surface area (TPSA) is 70.7 Å². The van der Waals surface area contributed by atoms with Crippen LogP contribution in [0.5, 0.6) is 5.75 Å². The van der Waals surface area contributed by atoms with Gasteiger partial charge in [0.15, 0.2) is 0 Å². The van der Waals surface area contributed by atoms with E-state index in [0.717, 1.165) is 41.8 Å². The zero-order valence-corrected chi connectivity index (χ0v) is 18.7. The van der Waals surface area contributed by atoms with Gasteiger partial charge in [-0.25, -0.2) is 0 Å². The zero-order valence-electron chi connectivity index (χ0n) is 17.9. The van der Waals surface area contributed by atoms with E-state index in [9.17, 15) is 9.59 Å². The minimum atomic E-state index is -0.983. The predicted molar refractivity (Wildman–Crippen MR) is 121 cm³/mol. The quantitative estimate of drug-likeness (QED) is 0.750. The van der Waals surface area contributed by atoms with Crippen LogP contribution in [0.4, 0.5) is 11.4 Å². The summed E-state index contributed by atoms with van der Waals surface area (Å²) in [7, 11) is 1.55. The van der Waals surface area contributed by atoms with Crippen LogP contribution in [0.2, 0.25) is 5.02 Å². The standard InChI is InChI=1S/C24H26ClN3O3/c1-13-9-14(2)21-17(10-13)24(23(30)27-21)18(12-16-5-4-8-28(16)24)22(29)26-19-11-15(25)6-7-20(19)31-3/h6-7,9-11,16,18H,4-5,8,12H2,1-3H3,(H,26,29)(H,27,30). The molecule has 2 fully saturated rings. The van der Waals surface area contributed by atoms with Gasteiger partial charge in [-0.15, -0.1) is 0 Å². The molecule has 7 heteroatoms. The number of fused-ring (bicyclic) bond motifs is 4. The predicted octanol–water partition coefficient (Wildman–Crippen LogP) is 4.24. The largest absolute Gasteiger partial charge is 0.495 e. The van der Waals surface area contributed by atoms with Gasteiger partial charge in [-0.3, -0.25) is 14.5 Å². The third-order valence-corrected chi connectivity index (χ3v) is 7.29. The van der Waals surface area contributed by atoms with E-state index in [2.05, 4.69) is 27.7 Å². The molecule has 6 nitrogen and oxygen atoms in total. The van der Waals surface area contributed by atoms with Crippen LogP contribution in [-0.2, 0) is 15.1 Å². The molecule has 5 rings (SSSR count).